The van der Waals surface area contributed by atoms with Crippen molar-refractivity contribution in [1.29, 1.82) is 0 Å². The second-order valence-corrected chi connectivity index (χ2v) is 7.21. The summed E-state index contributed by atoms with van der Waals surface area (Å²) < 4.78 is 7.34. The van der Waals surface area contributed by atoms with E-state index in [1.807, 2.05) is 12.3 Å². The highest BCUT2D eigenvalue weighted by molar-refractivity contribution is 5.79. The number of rotatable bonds is 10. The van der Waals surface area contributed by atoms with Crippen molar-refractivity contribution in [1.82, 2.24) is 15.2 Å². The van der Waals surface area contributed by atoms with Crippen LogP contribution in [0, 0.1) is 5.92 Å². The molecule has 28 heavy (non-hydrogen) atoms. The first kappa shape index (κ1) is 20.1. The smallest absolute Gasteiger partial charge is 0.250 e. The van der Waals surface area contributed by atoms with Crippen molar-refractivity contribution in [2.45, 2.75) is 32.4 Å². The SMILES string of the molecule is CN=C(NCCCOCC1CC1)NCc1ccc(Cn2ccccc2=O)cc1. The highest BCUT2D eigenvalue weighted by Crippen LogP contribution is 2.28. The van der Waals surface area contributed by atoms with Gasteiger partial charge in [-0.15, -0.1) is 0 Å². The normalized spacial score (nSPS) is 14.1. The molecule has 1 aromatic carbocycles. The molecule has 1 heterocycles. The monoisotopic (exact) mass is 382 g/mol. The summed E-state index contributed by atoms with van der Waals surface area (Å²) in [6.45, 7) is 3.84. The zero-order valence-electron chi connectivity index (χ0n) is 16.6. The van der Waals surface area contributed by atoms with E-state index < -0.39 is 0 Å². The maximum absolute atomic E-state index is 11.8. The van der Waals surface area contributed by atoms with Gasteiger partial charge < -0.3 is 19.9 Å². The third kappa shape index (κ3) is 6.85. The van der Waals surface area contributed by atoms with Crippen LogP contribution in [0.1, 0.15) is 30.4 Å². The predicted molar refractivity (Wildman–Crippen MR) is 113 cm³/mol. The number of hydrogen-bond donors (Lipinski definition) is 2. The summed E-state index contributed by atoms with van der Waals surface area (Å²) in [7, 11) is 1.78. The molecule has 150 valence electrons. The van der Waals surface area contributed by atoms with Crippen LogP contribution in [0.25, 0.3) is 0 Å². The lowest BCUT2D eigenvalue weighted by Gasteiger charge is -2.12. The second-order valence-electron chi connectivity index (χ2n) is 7.21. The molecule has 0 aliphatic heterocycles. The Hall–Kier alpha value is -2.60. The summed E-state index contributed by atoms with van der Waals surface area (Å²) in [6, 6.07) is 13.5. The third-order valence-corrected chi connectivity index (χ3v) is 4.77. The summed E-state index contributed by atoms with van der Waals surface area (Å²) >= 11 is 0. The molecule has 2 aromatic rings. The second kappa shape index (κ2) is 10.7. The third-order valence-electron chi connectivity index (χ3n) is 4.77. The van der Waals surface area contributed by atoms with Gasteiger partial charge in [-0.3, -0.25) is 9.79 Å². The quantitative estimate of drug-likeness (QED) is 0.376. The van der Waals surface area contributed by atoms with Crippen molar-refractivity contribution in [2.24, 2.45) is 10.9 Å². The fourth-order valence-electron chi connectivity index (χ4n) is 2.87. The average Bonchev–Trinajstić information content (AvgIpc) is 3.54. The Morgan fingerprint density at radius 3 is 2.64 bits per heavy atom. The van der Waals surface area contributed by atoms with E-state index in [9.17, 15) is 4.79 Å². The van der Waals surface area contributed by atoms with Crippen LogP contribution in [0.3, 0.4) is 0 Å². The lowest BCUT2D eigenvalue weighted by molar-refractivity contribution is 0.123. The fourth-order valence-corrected chi connectivity index (χ4v) is 2.87. The minimum absolute atomic E-state index is 0.0149. The van der Waals surface area contributed by atoms with Gasteiger partial charge in [-0.2, -0.15) is 0 Å². The molecule has 0 bridgehead atoms. The van der Waals surface area contributed by atoms with Crippen LogP contribution in [0.15, 0.2) is 58.4 Å². The van der Waals surface area contributed by atoms with E-state index in [4.69, 9.17) is 4.74 Å². The zero-order chi connectivity index (χ0) is 19.6. The number of ether oxygens (including phenoxy) is 1. The number of nitrogens with zero attached hydrogens (tertiary/aromatic N) is 2. The highest BCUT2D eigenvalue weighted by Gasteiger charge is 2.20. The molecule has 1 aliphatic carbocycles. The highest BCUT2D eigenvalue weighted by atomic mass is 16.5. The van der Waals surface area contributed by atoms with Gasteiger partial charge in [0.1, 0.15) is 0 Å². The molecule has 0 atom stereocenters. The molecule has 2 N–H and O–H groups in total. The van der Waals surface area contributed by atoms with Gasteiger partial charge in [0.05, 0.1) is 6.54 Å². The zero-order valence-corrected chi connectivity index (χ0v) is 16.6. The minimum atomic E-state index is 0.0149. The molecule has 0 unspecified atom stereocenters. The number of hydrogen-bond acceptors (Lipinski definition) is 3. The van der Waals surface area contributed by atoms with Crippen LogP contribution in [0.4, 0.5) is 0 Å². The number of pyridine rings is 1. The van der Waals surface area contributed by atoms with E-state index in [1.54, 1.807) is 23.7 Å². The van der Waals surface area contributed by atoms with Crippen molar-refractivity contribution in [2.75, 3.05) is 26.8 Å². The minimum Gasteiger partial charge on any atom is -0.381 e. The van der Waals surface area contributed by atoms with Gasteiger partial charge >= 0.3 is 0 Å². The number of aliphatic imine (C=N–C) groups is 1. The lowest BCUT2D eigenvalue weighted by Crippen LogP contribution is -2.37. The van der Waals surface area contributed by atoms with Crippen LogP contribution in [-0.4, -0.2) is 37.3 Å². The molecule has 1 fully saturated rings. The molecule has 1 aliphatic rings. The molecule has 0 spiro atoms. The van der Waals surface area contributed by atoms with Gasteiger partial charge in [0.2, 0.25) is 0 Å². The fraction of sp³-hybridized carbons (Fsp3) is 0.455. The number of aromatic nitrogens is 1. The van der Waals surface area contributed by atoms with Crippen molar-refractivity contribution in [3.63, 3.8) is 0 Å². The van der Waals surface area contributed by atoms with Crippen molar-refractivity contribution < 1.29 is 4.74 Å². The van der Waals surface area contributed by atoms with Gasteiger partial charge in [0.25, 0.3) is 5.56 Å². The summed E-state index contributed by atoms with van der Waals surface area (Å²) in [4.78, 5) is 16.1. The number of nitrogens with one attached hydrogen (secondary N) is 2. The van der Waals surface area contributed by atoms with Gasteiger partial charge in [0, 0.05) is 45.6 Å². The molecule has 3 rings (SSSR count). The van der Waals surface area contributed by atoms with Crippen molar-refractivity contribution >= 4 is 5.96 Å². The Balaban J connectivity index is 1.36. The van der Waals surface area contributed by atoms with Gasteiger partial charge in [0.15, 0.2) is 5.96 Å². The van der Waals surface area contributed by atoms with E-state index in [0.717, 1.165) is 43.6 Å². The predicted octanol–water partition coefficient (Wildman–Crippen LogP) is 2.38. The van der Waals surface area contributed by atoms with Gasteiger partial charge in [-0.25, -0.2) is 0 Å². The Bertz CT molecular complexity index is 810. The topological polar surface area (TPSA) is 67.7 Å². The molecular weight excluding hydrogens is 352 g/mol. The molecule has 6 nitrogen and oxygen atoms in total. The van der Waals surface area contributed by atoms with E-state index in [0.29, 0.717) is 13.1 Å². The summed E-state index contributed by atoms with van der Waals surface area (Å²) in [6.07, 6.45) is 5.45. The summed E-state index contributed by atoms with van der Waals surface area (Å²) in [5, 5.41) is 6.64. The van der Waals surface area contributed by atoms with Crippen LogP contribution in [-0.2, 0) is 17.8 Å². The number of benzene rings is 1. The van der Waals surface area contributed by atoms with Crippen LogP contribution >= 0.6 is 0 Å². The van der Waals surface area contributed by atoms with E-state index in [-0.39, 0.29) is 5.56 Å². The van der Waals surface area contributed by atoms with Crippen LogP contribution < -0.4 is 16.2 Å². The molecule has 0 amide bonds. The maximum Gasteiger partial charge on any atom is 0.250 e. The first-order valence-corrected chi connectivity index (χ1v) is 10.00. The van der Waals surface area contributed by atoms with Gasteiger partial charge in [-0.05, 0) is 42.4 Å². The first-order chi connectivity index (χ1) is 13.7. The first-order valence-electron chi connectivity index (χ1n) is 10.00. The van der Waals surface area contributed by atoms with E-state index in [2.05, 4.69) is 39.9 Å². The molecule has 1 saturated carbocycles. The Morgan fingerprint density at radius 2 is 1.93 bits per heavy atom. The standard InChI is InChI=1S/C22H30N4O2/c1-23-22(24-12-4-14-28-17-20-10-11-20)25-15-18-6-8-19(9-7-18)16-26-13-3-2-5-21(26)27/h2-3,5-9,13,20H,4,10-12,14-17H2,1H3,(H2,23,24,25). The van der Waals surface area contributed by atoms with E-state index >= 15 is 0 Å². The van der Waals surface area contributed by atoms with Crippen LogP contribution in [0.5, 0.6) is 0 Å². The lowest BCUT2D eigenvalue weighted by atomic mass is 10.1. The molecular formula is C22H30N4O2. The molecule has 0 radical (unpaired) electrons. The Labute approximate surface area is 166 Å². The van der Waals surface area contributed by atoms with Crippen molar-refractivity contribution in [3.8, 4) is 0 Å². The van der Waals surface area contributed by atoms with Crippen molar-refractivity contribution in [3.05, 3.63) is 70.1 Å². The molecule has 0 saturated heterocycles. The Morgan fingerprint density at radius 1 is 1.14 bits per heavy atom. The molecule has 6 heteroatoms. The largest absolute Gasteiger partial charge is 0.381 e. The van der Waals surface area contributed by atoms with Gasteiger partial charge in [-0.1, -0.05) is 30.3 Å². The maximum atomic E-state index is 11.8. The average molecular weight is 383 g/mol. The Kier molecular flexibility index (Phi) is 7.67. The van der Waals surface area contributed by atoms with E-state index in [1.165, 1.54) is 18.4 Å². The summed E-state index contributed by atoms with van der Waals surface area (Å²) in [5.74, 6) is 1.62. The summed E-state index contributed by atoms with van der Waals surface area (Å²) in [5.41, 5.74) is 2.28. The number of guanidine groups is 1. The van der Waals surface area contributed by atoms with Crippen LogP contribution in [0.2, 0.25) is 0 Å². The molecule has 1 aromatic heterocycles.